The summed E-state index contributed by atoms with van der Waals surface area (Å²) in [6.07, 6.45) is 1.79. The molecule has 1 atom stereocenters. The molecule has 1 unspecified atom stereocenters. The fourth-order valence-electron chi connectivity index (χ4n) is 2.37. The second kappa shape index (κ2) is 6.67. The highest BCUT2D eigenvalue weighted by Crippen LogP contribution is 2.19. The number of hydrogen-bond acceptors (Lipinski definition) is 4. The lowest BCUT2D eigenvalue weighted by atomic mass is 10.0. The summed E-state index contributed by atoms with van der Waals surface area (Å²) in [6, 6.07) is 4.46. The molecular formula is C13H18ClN3O3. The van der Waals surface area contributed by atoms with Crippen LogP contribution in [0, 0.1) is 17.0 Å². The van der Waals surface area contributed by atoms with Gasteiger partial charge in [-0.1, -0.05) is 0 Å². The molecule has 0 aliphatic carbocycles. The molecule has 110 valence electrons. The van der Waals surface area contributed by atoms with Crippen molar-refractivity contribution in [3.8, 4) is 0 Å². The number of aryl methyl sites for hydroxylation is 1. The van der Waals surface area contributed by atoms with E-state index in [4.69, 9.17) is 5.73 Å². The highest BCUT2D eigenvalue weighted by atomic mass is 35.5. The van der Waals surface area contributed by atoms with Crippen molar-refractivity contribution in [3.05, 3.63) is 39.4 Å². The van der Waals surface area contributed by atoms with Crippen molar-refractivity contribution in [2.75, 3.05) is 13.1 Å². The van der Waals surface area contributed by atoms with Crippen molar-refractivity contribution >= 4 is 24.0 Å². The third-order valence-corrected chi connectivity index (χ3v) is 3.26. The largest absolute Gasteiger partial charge is 0.337 e. The molecule has 2 N–H and O–H groups in total. The van der Waals surface area contributed by atoms with Crippen LogP contribution in [0.4, 0.5) is 5.69 Å². The monoisotopic (exact) mass is 299 g/mol. The number of amides is 1. The molecule has 0 bridgehead atoms. The van der Waals surface area contributed by atoms with Crippen LogP contribution >= 0.6 is 12.4 Å². The van der Waals surface area contributed by atoms with Gasteiger partial charge in [-0.05, 0) is 31.4 Å². The van der Waals surface area contributed by atoms with Crippen LogP contribution in [0.3, 0.4) is 0 Å². The van der Waals surface area contributed by atoms with Gasteiger partial charge in [0.05, 0.1) is 4.92 Å². The second-order valence-corrected chi connectivity index (χ2v) is 4.97. The lowest BCUT2D eigenvalue weighted by Crippen LogP contribution is -2.45. The van der Waals surface area contributed by atoms with Gasteiger partial charge in [0.15, 0.2) is 0 Å². The average molecular weight is 300 g/mol. The SMILES string of the molecule is Cc1cc(C(=O)N2CCCC(N)C2)cc([N+](=O)[O-])c1.Cl. The van der Waals surface area contributed by atoms with Gasteiger partial charge in [-0.2, -0.15) is 0 Å². The van der Waals surface area contributed by atoms with Gasteiger partial charge in [-0.25, -0.2) is 0 Å². The summed E-state index contributed by atoms with van der Waals surface area (Å²) < 4.78 is 0. The van der Waals surface area contributed by atoms with E-state index in [9.17, 15) is 14.9 Å². The number of benzene rings is 1. The van der Waals surface area contributed by atoms with Crippen molar-refractivity contribution in [1.29, 1.82) is 0 Å². The number of likely N-dealkylation sites (tertiary alicyclic amines) is 1. The number of non-ortho nitro benzene ring substituents is 1. The number of carbonyl (C=O) groups is 1. The molecule has 1 heterocycles. The van der Waals surface area contributed by atoms with Crippen molar-refractivity contribution < 1.29 is 9.72 Å². The Bertz CT molecular complexity index is 522. The summed E-state index contributed by atoms with van der Waals surface area (Å²) in [5.74, 6) is -0.179. The van der Waals surface area contributed by atoms with E-state index in [1.54, 1.807) is 17.9 Å². The number of piperidine rings is 1. The van der Waals surface area contributed by atoms with Gasteiger partial charge in [-0.15, -0.1) is 12.4 Å². The fraction of sp³-hybridized carbons (Fsp3) is 0.462. The van der Waals surface area contributed by atoms with Crippen molar-refractivity contribution in [2.24, 2.45) is 5.73 Å². The van der Waals surface area contributed by atoms with Crippen LogP contribution in [0.15, 0.2) is 18.2 Å². The number of nitro groups is 1. The van der Waals surface area contributed by atoms with E-state index in [0.717, 1.165) is 12.8 Å². The summed E-state index contributed by atoms with van der Waals surface area (Å²) in [7, 11) is 0. The Hall–Kier alpha value is -1.66. The lowest BCUT2D eigenvalue weighted by molar-refractivity contribution is -0.384. The van der Waals surface area contributed by atoms with Gasteiger partial charge < -0.3 is 10.6 Å². The second-order valence-electron chi connectivity index (χ2n) is 4.97. The molecule has 0 aromatic heterocycles. The first-order valence-corrected chi connectivity index (χ1v) is 6.28. The van der Waals surface area contributed by atoms with Crippen LogP contribution in [0.5, 0.6) is 0 Å². The smallest absolute Gasteiger partial charge is 0.270 e. The third kappa shape index (κ3) is 3.68. The lowest BCUT2D eigenvalue weighted by Gasteiger charge is -2.30. The molecule has 1 amide bonds. The average Bonchev–Trinajstić information content (AvgIpc) is 2.37. The highest BCUT2D eigenvalue weighted by Gasteiger charge is 2.23. The molecule has 1 aromatic carbocycles. The fourth-order valence-corrected chi connectivity index (χ4v) is 2.37. The third-order valence-electron chi connectivity index (χ3n) is 3.26. The molecule has 1 aliphatic heterocycles. The molecule has 1 aromatic rings. The number of nitrogens with two attached hydrogens (primary N) is 1. The summed E-state index contributed by atoms with van der Waals surface area (Å²) in [5, 5.41) is 10.8. The van der Waals surface area contributed by atoms with Crippen LogP contribution in [0.1, 0.15) is 28.8 Å². The van der Waals surface area contributed by atoms with E-state index in [1.807, 2.05) is 0 Å². The number of carbonyl (C=O) groups excluding carboxylic acids is 1. The molecule has 1 fully saturated rings. The summed E-state index contributed by atoms with van der Waals surface area (Å²) in [4.78, 5) is 24.3. The van der Waals surface area contributed by atoms with Crippen molar-refractivity contribution in [3.63, 3.8) is 0 Å². The predicted octanol–water partition coefficient (Wildman–Crippen LogP) is 1.89. The maximum atomic E-state index is 12.3. The number of hydrogen-bond donors (Lipinski definition) is 1. The summed E-state index contributed by atoms with van der Waals surface area (Å²) >= 11 is 0. The van der Waals surface area contributed by atoms with E-state index in [1.165, 1.54) is 12.1 Å². The zero-order valence-electron chi connectivity index (χ0n) is 11.2. The van der Waals surface area contributed by atoms with E-state index < -0.39 is 4.92 Å². The molecule has 1 saturated heterocycles. The minimum Gasteiger partial charge on any atom is -0.337 e. The number of rotatable bonds is 2. The van der Waals surface area contributed by atoms with Crippen LogP contribution < -0.4 is 5.73 Å². The van der Waals surface area contributed by atoms with Gasteiger partial charge in [0.1, 0.15) is 0 Å². The van der Waals surface area contributed by atoms with Crippen LogP contribution in [0.2, 0.25) is 0 Å². The number of nitrogens with zero attached hydrogens (tertiary/aromatic N) is 2. The first-order chi connectivity index (χ1) is 8.97. The maximum Gasteiger partial charge on any atom is 0.270 e. The minimum absolute atomic E-state index is 0. The Morgan fingerprint density at radius 1 is 1.45 bits per heavy atom. The van der Waals surface area contributed by atoms with Gasteiger partial charge in [0.25, 0.3) is 11.6 Å². The highest BCUT2D eigenvalue weighted by molar-refractivity contribution is 5.95. The summed E-state index contributed by atoms with van der Waals surface area (Å²) in [6.45, 7) is 2.92. The molecule has 0 spiro atoms. The Balaban J connectivity index is 0.00000200. The van der Waals surface area contributed by atoms with E-state index in [0.29, 0.717) is 24.2 Å². The zero-order valence-corrected chi connectivity index (χ0v) is 12.1. The standard InChI is InChI=1S/C13H17N3O3.ClH/c1-9-5-10(7-12(6-9)16(18)19)13(17)15-4-2-3-11(14)8-15;/h5-7,11H,2-4,8,14H2,1H3;1H. The Labute approximate surface area is 123 Å². The quantitative estimate of drug-likeness (QED) is 0.667. The maximum absolute atomic E-state index is 12.3. The van der Waals surface area contributed by atoms with Gasteiger partial charge in [0, 0.05) is 36.8 Å². The molecular weight excluding hydrogens is 282 g/mol. The molecule has 6 nitrogen and oxygen atoms in total. The van der Waals surface area contributed by atoms with Crippen LogP contribution in [-0.4, -0.2) is 34.9 Å². The van der Waals surface area contributed by atoms with Crippen molar-refractivity contribution in [2.45, 2.75) is 25.8 Å². The molecule has 20 heavy (non-hydrogen) atoms. The first-order valence-electron chi connectivity index (χ1n) is 6.28. The van der Waals surface area contributed by atoms with Crippen LogP contribution in [0.25, 0.3) is 0 Å². The van der Waals surface area contributed by atoms with E-state index in [-0.39, 0.29) is 30.0 Å². The Morgan fingerprint density at radius 2 is 2.15 bits per heavy atom. The molecule has 2 rings (SSSR count). The molecule has 0 radical (unpaired) electrons. The topological polar surface area (TPSA) is 89.5 Å². The molecule has 0 saturated carbocycles. The molecule has 1 aliphatic rings. The van der Waals surface area contributed by atoms with E-state index in [2.05, 4.69) is 0 Å². The van der Waals surface area contributed by atoms with Gasteiger partial charge >= 0.3 is 0 Å². The van der Waals surface area contributed by atoms with Crippen molar-refractivity contribution in [1.82, 2.24) is 4.90 Å². The van der Waals surface area contributed by atoms with Gasteiger partial charge in [0.2, 0.25) is 0 Å². The Kier molecular flexibility index (Phi) is 5.47. The molecule has 7 heteroatoms. The predicted molar refractivity (Wildman–Crippen MR) is 78.2 cm³/mol. The van der Waals surface area contributed by atoms with Gasteiger partial charge in [-0.3, -0.25) is 14.9 Å². The Morgan fingerprint density at radius 3 is 2.75 bits per heavy atom. The number of halogens is 1. The van der Waals surface area contributed by atoms with E-state index >= 15 is 0 Å². The summed E-state index contributed by atoms with van der Waals surface area (Å²) in [5.41, 5.74) is 6.86. The zero-order chi connectivity index (χ0) is 14.0. The number of nitro benzene ring substituents is 1. The first kappa shape index (κ1) is 16.4. The van der Waals surface area contributed by atoms with Crippen LogP contribution in [-0.2, 0) is 0 Å². The minimum atomic E-state index is -0.480. The normalized spacial score (nSPS) is 18.3.